The fourth-order valence-electron chi connectivity index (χ4n) is 3.39. The summed E-state index contributed by atoms with van der Waals surface area (Å²) in [6, 6.07) is 0. The normalized spacial score (nSPS) is 22.1. The van der Waals surface area contributed by atoms with Crippen LogP contribution in [0.2, 0.25) is 0 Å². The molecule has 1 aromatic rings. The van der Waals surface area contributed by atoms with Crippen LogP contribution in [0, 0.1) is 17.2 Å². The van der Waals surface area contributed by atoms with Gasteiger partial charge in [-0.3, -0.25) is 4.79 Å². The number of nitrogens with two attached hydrogens (primary N) is 1. The van der Waals surface area contributed by atoms with E-state index >= 15 is 0 Å². The standard InChI is InChI=1S/C15H16F6N6OS/c16-14(17,18)7-5-8(28)24-11(23)9(7)10(22)6-1-3-27(4-2-6)13-26-25-12(29-13)15(19,20)21/h6-7,22H,1-5,23H2,(H,24,28). The molecule has 1 saturated heterocycles. The molecule has 1 atom stereocenters. The van der Waals surface area contributed by atoms with E-state index < -0.39 is 52.9 Å². The number of carbonyl (C=O) groups excluding carboxylic acids is 1. The fraction of sp³-hybridized carbons (Fsp3) is 0.600. The van der Waals surface area contributed by atoms with E-state index in [0.29, 0.717) is 11.3 Å². The van der Waals surface area contributed by atoms with Gasteiger partial charge in [-0.2, -0.15) is 26.3 Å². The Morgan fingerprint density at radius 3 is 2.31 bits per heavy atom. The summed E-state index contributed by atoms with van der Waals surface area (Å²) in [6.45, 7) is 0.408. The van der Waals surface area contributed by atoms with Crippen molar-refractivity contribution < 1.29 is 31.1 Å². The van der Waals surface area contributed by atoms with Crippen molar-refractivity contribution in [3.63, 3.8) is 0 Å². The lowest BCUT2D eigenvalue weighted by molar-refractivity contribution is -0.169. The minimum absolute atomic E-state index is 0.0686. The van der Waals surface area contributed by atoms with E-state index in [0.717, 1.165) is 0 Å². The van der Waals surface area contributed by atoms with Gasteiger partial charge in [0, 0.05) is 36.7 Å². The number of rotatable bonds is 3. The summed E-state index contributed by atoms with van der Waals surface area (Å²) < 4.78 is 78.1. The van der Waals surface area contributed by atoms with Crippen LogP contribution < -0.4 is 16.0 Å². The molecule has 2 aliphatic rings. The average Bonchev–Trinajstić information content (AvgIpc) is 3.10. The second kappa shape index (κ2) is 7.46. The molecule has 0 radical (unpaired) electrons. The molecule has 0 aliphatic carbocycles. The summed E-state index contributed by atoms with van der Waals surface area (Å²) in [4.78, 5) is 13.0. The summed E-state index contributed by atoms with van der Waals surface area (Å²) in [5.41, 5.74) is 4.85. The van der Waals surface area contributed by atoms with Crippen LogP contribution in [0.3, 0.4) is 0 Å². The molecule has 29 heavy (non-hydrogen) atoms. The van der Waals surface area contributed by atoms with Gasteiger partial charge in [-0.15, -0.1) is 10.2 Å². The smallest absolute Gasteiger partial charge is 0.385 e. The molecular formula is C15H16F6N6OS. The molecule has 1 aromatic heterocycles. The molecule has 0 saturated carbocycles. The van der Waals surface area contributed by atoms with Crippen molar-refractivity contribution >= 4 is 28.1 Å². The van der Waals surface area contributed by atoms with Crippen LogP contribution in [-0.4, -0.2) is 41.1 Å². The van der Waals surface area contributed by atoms with Crippen molar-refractivity contribution in [2.45, 2.75) is 31.6 Å². The highest BCUT2D eigenvalue weighted by Crippen LogP contribution is 2.40. The van der Waals surface area contributed by atoms with Crippen molar-refractivity contribution in [2.24, 2.45) is 17.6 Å². The maximum atomic E-state index is 13.4. The Labute approximate surface area is 164 Å². The van der Waals surface area contributed by atoms with Gasteiger partial charge in [0.25, 0.3) is 0 Å². The van der Waals surface area contributed by atoms with E-state index in [2.05, 4.69) is 15.5 Å². The lowest BCUT2D eigenvalue weighted by atomic mass is 9.80. The Kier molecular flexibility index (Phi) is 5.49. The van der Waals surface area contributed by atoms with Crippen LogP contribution in [0.4, 0.5) is 31.5 Å². The maximum absolute atomic E-state index is 13.4. The molecule has 2 aliphatic heterocycles. The Morgan fingerprint density at radius 1 is 1.17 bits per heavy atom. The Hall–Kier alpha value is -2.38. The number of hydrogen-bond donors (Lipinski definition) is 3. The first kappa shape index (κ1) is 21.3. The van der Waals surface area contributed by atoms with Gasteiger partial charge in [0.1, 0.15) is 5.82 Å². The second-order valence-corrected chi connectivity index (χ2v) is 7.69. The summed E-state index contributed by atoms with van der Waals surface area (Å²) in [5, 5.41) is 16.0. The van der Waals surface area contributed by atoms with Gasteiger partial charge in [0.2, 0.25) is 16.0 Å². The highest BCUT2D eigenvalue weighted by atomic mass is 32.1. The van der Waals surface area contributed by atoms with Gasteiger partial charge in [0.15, 0.2) is 0 Å². The van der Waals surface area contributed by atoms with Crippen molar-refractivity contribution in [2.75, 3.05) is 18.0 Å². The number of allylic oxidation sites excluding steroid dienone is 1. The largest absolute Gasteiger partial charge is 0.445 e. The minimum atomic E-state index is -4.73. The predicted octanol–water partition coefficient (Wildman–Crippen LogP) is 2.66. The Morgan fingerprint density at radius 2 is 1.79 bits per heavy atom. The van der Waals surface area contributed by atoms with Crippen LogP contribution in [0.5, 0.6) is 0 Å². The van der Waals surface area contributed by atoms with Crippen molar-refractivity contribution in [1.82, 2.24) is 15.5 Å². The maximum Gasteiger partial charge on any atom is 0.445 e. The van der Waals surface area contributed by atoms with Crippen LogP contribution in [-0.2, 0) is 11.0 Å². The van der Waals surface area contributed by atoms with E-state index in [-0.39, 0.29) is 36.8 Å². The number of nitrogens with zero attached hydrogens (tertiary/aromatic N) is 3. The molecule has 3 rings (SSSR count). The molecule has 0 aromatic carbocycles. The van der Waals surface area contributed by atoms with Crippen molar-refractivity contribution in [1.29, 1.82) is 5.41 Å². The Balaban J connectivity index is 1.71. The van der Waals surface area contributed by atoms with Crippen LogP contribution in [0.1, 0.15) is 24.3 Å². The van der Waals surface area contributed by atoms with Gasteiger partial charge >= 0.3 is 12.4 Å². The molecule has 7 nitrogen and oxygen atoms in total. The third-order valence-corrected chi connectivity index (χ3v) is 5.85. The number of halogens is 6. The highest BCUT2D eigenvalue weighted by Gasteiger charge is 2.48. The third-order valence-electron chi connectivity index (χ3n) is 4.82. The zero-order valence-electron chi connectivity index (χ0n) is 14.7. The highest BCUT2D eigenvalue weighted by molar-refractivity contribution is 7.15. The van der Waals surface area contributed by atoms with Gasteiger partial charge < -0.3 is 21.4 Å². The number of nitrogens with one attached hydrogen (secondary N) is 2. The monoisotopic (exact) mass is 442 g/mol. The summed E-state index contributed by atoms with van der Waals surface area (Å²) in [7, 11) is 0. The molecule has 14 heteroatoms. The topological polar surface area (TPSA) is 108 Å². The lowest BCUT2D eigenvalue weighted by Gasteiger charge is -2.35. The van der Waals surface area contributed by atoms with E-state index in [1.807, 2.05) is 0 Å². The van der Waals surface area contributed by atoms with E-state index in [1.54, 1.807) is 4.90 Å². The first-order chi connectivity index (χ1) is 13.4. The molecular weight excluding hydrogens is 426 g/mol. The second-order valence-electron chi connectivity index (χ2n) is 6.74. The quantitative estimate of drug-likeness (QED) is 0.493. The number of hydrogen-bond acceptors (Lipinski definition) is 7. The fourth-order valence-corrected chi connectivity index (χ4v) is 4.16. The van der Waals surface area contributed by atoms with E-state index in [9.17, 15) is 31.1 Å². The molecule has 0 spiro atoms. The van der Waals surface area contributed by atoms with Crippen molar-refractivity contribution in [3.8, 4) is 0 Å². The molecule has 0 bridgehead atoms. The minimum Gasteiger partial charge on any atom is -0.385 e. The lowest BCUT2D eigenvalue weighted by Crippen LogP contribution is -2.46. The first-order valence-electron chi connectivity index (χ1n) is 8.48. The van der Waals surface area contributed by atoms with Gasteiger partial charge in [0.05, 0.1) is 5.92 Å². The van der Waals surface area contributed by atoms with E-state index in [4.69, 9.17) is 11.1 Å². The number of aromatic nitrogens is 2. The number of piperidine rings is 1. The summed E-state index contributed by atoms with van der Waals surface area (Å²) in [6.07, 6.45) is -9.71. The van der Waals surface area contributed by atoms with E-state index in [1.165, 1.54) is 0 Å². The van der Waals surface area contributed by atoms with Gasteiger partial charge in [-0.1, -0.05) is 11.3 Å². The molecule has 4 N–H and O–H groups in total. The van der Waals surface area contributed by atoms with Crippen LogP contribution >= 0.6 is 11.3 Å². The van der Waals surface area contributed by atoms with Crippen LogP contribution in [0.25, 0.3) is 0 Å². The molecule has 1 fully saturated rings. The summed E-state index contributed by atoms with van der Waals surface area (Å²) in [5.74, 6) is -4.07. The predicted molar refractivity (Wildman–Crippen MR) is 91.1 cm³/mol. The summed E-state index contributed by atoms with van der Waals surface area (Å²) >= 11 is 0.388. The molecule has 1 unspecified atom stereocenters. The van der Waals surface area contributed by atoms with Crippen molar-refractivity contribution in [3.05, 3.63) is 16.4 Å². The number of alkyl halides is 6. The molecule has 160 valence electrons. The Bertz CT molecular complexity index is 839. The van der Waals surface area contributed by atoms with Gasteiger partial charge in [-0.05, 0) is 12.8 Å². The number of carbonyl (C=O) groups is 1. The van der Waals surface area contributed by atoms with Crippen LogP contribution in [0.15, 0.2) is 11.4 Å². The number of amides is 1. The van der Waals surface area contributed by atoms with Gasteiger partial charge in [-0.25, -0.2) is 0 Å². The zero-order valence-corrected chi connectivity index (χ0v) is 15.5. The SMILES string of the molecule is N=C(C1=C(N)NC(=O)CC1C(F)(F)F)C1CCN(c2nnc(C(F)(F)F)s2)CC1. The molecule has 1 amide bonds. The number of anilines is 1. The first-order valence-corrected chi connectivity index (χ1v) is 9.30. The average molecular weight is 442 g/mol. The third kappa shape index (κ3) is 4.46. The molecule has 3 heterocycles. The zero-order chi connectivity index (χ0) is 21.6.